The Morgan fingerprint density at radius 1 is 0.795 bits per heavy atom. The quantitative estimate of drug-likeness (QED) is 0.287. The van der Waals surface area contributed by atoms with Crippen molar-refractivity contribution in [2.24, 2.45) is 0 Å². The molecule has 0 saturated heterocycles. The molecule has 1 amide bonds. The smallest absolute Gasteiger partial charge is 0.255 e. The van der Waals surface area contributed by atoms with Crippen molar-refractivity contribution >= 4 is 33.5 Å². The Morgan fingerprint density at radius 3 is 2.51 bits per heavy atom. The third-order valence-electron chi connectivity index (χ3n) is 6.38. The number of nitrogens with zero attached hydrogens (tertiary/aromatic N) is 6. The zero-order valence-corrected chi connectivity index (χ0v) is 20.3. The third-order valence-corrected chi connectivity index (χ3v) is 6.38. The fraction of sp³-hybridized carbons (Fsp3) is 0. The van der Waals surface area contributed by atoms with Gasteiger partial charge in [0, 0.05) is 46.9 Å². The number of hydrogen-bond acceptors (Lipinski definition) is 7. The Balaban J connectivity index is 1.25. The van der Waals surface area contributed by atoms with Crippen LogP contribution in [0.25, 0.3) is 55.8 Å². The highest BCUT2D eigenvalue weighted by Gasteiger charge is 2.17. The number of carbonyl (C=O) groups excluding carboxylic acids is 1. The van der Waals surface area contributed by atoms with Crippen LogP contribution in [0, 0.1) is 0 Å². The summed E-state index contributed by atoms with van der Waals surface area (Å²) in [5, 5.41) is 11.3. The molecule has 0 saturated carbocycles. The third kappa shape index (κ3) is 4.15. The number of aromatic nitrogens is 8. The van der Waals surface area contributed by atoms with Gasteiger partial charge < -0.3 is 10.3 Å². The number of H-pyrrole nitrogens is 2. The number of pyridine rings is 4. The summed E-state index contributed by atoms with van der Waals surface area (Å²) in [5.41, 5.74) is 7.48. The summed E-state index contributed by atoms with van der Waals surface area (Å²) in [5.74, 6) is 0.402. The highest BCUT2D eigenvalue weighted by molar-refractivity contribution is 6.04. The number of carbonyl (C=O) groups is 1. The average molecular weight is 510 g/mol. The molecule has 186 valence electrons. The monoisotopic (exact) mass is 509 g/mol. The first-order valence-electron chi connectivity index (χ1n) is 12.1. The Labute approximate surface area is 221 Å². The van der Waals surface area contributed by atoms with Crippen molar-refractivity contribution in [1.82, 2.24) is 40.1 Å². The minimum absolute atomic E-state index is 0.208. The van der Waals surface area contributed by atoms with Gasteiger partial charge >= 0.3 is 0 Å². The lowest BCUT2D eigenvalue weighted by Gasteiger charge is -2.07. The van der Waals surface area contributed by atoms with Gasteiger partial charge in [-0.05, 0) is 42.0 Å². The van der Waals surface area contributed by atoms with Gasteiger partial charge in [-0.3, -0.25) is 29.8 Å². The number of hydrogen-bond donors (Lipinski definition) is 3. The lowest BCUT2D eigenvalue weighted by Crippen LogP contribution is -2.11. The molecule has 0 radical (unpaired) electrons. The first-order valence-corrected chi connectivity index (χ1v) is 12.1. The van der Waals surface area contributed by atoms with Gasteiger partial charge in [-0.25, -0.2) is 4.98 Å². The van der Waals surface area contributed by atoms with Crippen molar-refractivity contribution in [2.45, 2.75) is 0 Å². The average Bonchev–Trinajstić information content (AvgIpc) is 3.62. The summed E-state index contributed by atoms with van der Waals surface area (Å²) < 4.78 is 0. The molecule has 7 aromatic rings. The van der Waals surface area contributed by atoms with E-state index in [0.717, 1.165) is 38.6 Å². The van der Waals surface area contributed by atoms with E-state index < -0.39 is 0 Å². The molecular weight excluding hydrogens is 490 g/mol. The molecule has 6 heterocycles. The van der Waals surface area contributed by atoms with Crippen LogP contribution in [0.2, 0.25) is 0 Å². The number of anilines is 1. The molecule has 0 atom stereocenters. The van der Waals surface area contributed by atoms with Crippen LogP contribution in [0.3, 0.4) is 0 Å². The number of fused-ring (bicyclic) bond motifs is 2. The standard InChI is InChI=1S/C29H19N9O/c39-29(18-4-2-1-3-5-18)34-20-10-19(12-31-13-20)23-11-21-24(16-33-23)37-38-27(21)28-35-25-15-32-14-22(26(25)36-28)17-6-8-30-9-7-17/h1-16H,(H,34,39)(H,35,36)(H,37,38). The maximum Gasteiger partial charge on any atom is 0.255 e. The van der Waals surface area contributed by atoms with Crippen LogP contribution in [0.5, 0.6) is 0 Å². The van der Waals surface area contributed by atoms with E-state index in [1.807, 2.05) is 42.5 Å². The molecule has 7 rings (SSSR count). The van der Waals surface area contributed by atoms with E-state index in [0.29, 0.717) is 28.5 Å². The van der Waals surface area contributed by atoms with E-state index in [9.17, 15) is 4.79 Å². The Hall–Kier alpha value is -5.77. The number of benzene rings is 1. The first-order chi connectivity index (χ1) is 19.2. The maximum atomic E-state index is 12.6. The predicted molar refractivity (Wildman–Crippen MR) is 148 cm³/mol. The number of amides is 1. The SMILES string of the molecule is O=C(Nc1cncc(-c2cc3c(-c4nc5c(-c6ccncc6)cncc5[nH]4)n[nH]c3cn2)c1)c1ccccc1. The van der Waals surface area contributed by atoms with Gasteiger partial charge in [0.05, 0.1) is 46.5 Å². The van der Waals surface area contributed by atoms with Crippen molar-refractivity contribution in [1.29, 1.82) is 0 Å². The normalized spacial score (nSPS) is 11.2. The first kappa shape index (κ1) is 22.4. The molecular formula is C29H19N9O. The van der Waals surface area contributed by atoms with Crippen LogP contribution in [0.4, 0.5) is 5.69 Å². The molecule has 1 aromatic carbocycles. The van der Waals surface area contributed by atoms with Crippen LogP contribution in [0.1, 0.15) is 10.4 Å². The highest BCUT2D eigenvalue weighted by atomic mass is 16.1. The van der Waals surface area contributed by atoms with Gasteiger partial charge in [0.2, 0.25) is 0 Å². The molecule has 10 heteroatoms. The number of nitrogens with one attached hydrogen (secondary N) is 3. The van der Waals surface area contributed by atoms with E-state index in [-0.39, 0.29) is 5.91 Å². The maximum absolute atomic E-state index is 12.6. The van der Waals surface area contributed by atoms with E-state index >= 15 is 0 Å². The van der Waals surface area contributed by atoms with Crippen LogP contribution in [0.15, 0.2) is 98.0 Å². The second-order valence-electron chi connectivity index (χ2n) is 8.87. The Kier molecular flexibility index (Phi) is 5.33. The Morgan fingerprint density at radius 2 is 1.64 bits per heavy atom. The van der Waals surface area contributed by atoms with Gasteiger partial charge in [0.15, 0.2) is 5.82 Å². The second kappa shape index (κ2) is 9.27. The highest BCUT2D eigenvalue weighted by Crippen LogP contribution is 2.32. The summed E-state index contributed by atoms with van der Waals surface area (Å²) in [6, 6.07) is 16.7. The Bertz CT molecular complexity index is 1960. The molecule has 0 unspecified atom stereocenters. The van der Waals surface area contributed by atoms with Gasteiger partial charge in [0.25, 0.3) is 5.91 Å². The fourth-order valence-electron chi connectivity index (χ4n) is 4.48. The van der Waals surface area contributed by atoms with Crippen LogP contribution < -0.4 is 5.32 Å². The van der Waals surface area contributed by atoms with Gasteiger partial charge in [-0.1, -0.05) is 18.2 Å². The molecule has 0 aliphatic rings. The summed E-state index contributed by atoms with van der Waals surface area (Å²) in [6.45, 7) is 0. The molecule has 0 aliphatic heterocycles. The van der Waals surface area contributed by atoms with Crippen molar-refractivity contribution in [3.8, 4) is 33.9 Å². The van der Waals surface area contributed by atoms with Crippen molar-refractivity contribution < 1.29 is 4.79 Å². The van der Waals surface area contributed by atoms with Crippen molar-refractivity contribution in [2.75, 3.05) is 5.32 Å². The largest absolute Gasteiger partial charge is 0.335 e. The lowest BCUT2D eigenvalue weighted by atomic mass is 10.1. The molecule has 10 nitrogen and oxygen atoms in total. The van der Waals surface area contributed by atoms with Crippen LogP contribution in [-0.4, -0.2) is 46.0 Å². The van der Waals surface area contributed by atoms with Gasteiger partial charge in [-0.2, -0.15) is 5.10 Å². The minimum atomic E-state index is -0.208. The van der Waals surface area contributed by atoms with Gasteiger partial charge in [-0.15, -0.1) is 0 Å². The lowest BCUT2D eigenvalue weighted by molar-refractivity contribution is 0.102. The van der Waals surface area contributed by atoms with Crippen LogP contribution in [-0.2, 0) is 0 Å². The molecule has 3 N–H and O–H groups in total. The second-order valence-corrected chi connectivity index (χ2v) is 8.87. The zero-order chi connectivity index (χ0) is 26.2. The molecule has 6 aromatic heterocycles. The summed E-state index contributed by atoms with van der Waals surface area (Å²) in [4.78, 5) is 38.2. The number of rotatable bonds is 5. The van der Waals surface area contributed by atoms with Crippen molar-refractivity contribution in [3.05, 3.63) is 104 Å². The number of aromatic amines is 2. The van der Waals surface area contributed by atoms with Gasteiger partial charge in [0.1, 0.15) is 5.69 Å². The predicted octanol–water partition coefficient (Wildman–Crippen LogP) is 5.27. The fourth-order valence-corrected chi connectivity index (χ4v) is 4.48. The zero-order valence-electron chi connectivity index (χ0n) is 20.3. The molecule has 0 fully saturated rings. The molecule has 0 spiro atoms. The van der Waals surface area contributed by atoms with E-state index in [1.165, 1.54) is 0 Å². The topological polar surface area (TPSA) is 138 Å². The van der Waals surface area contributed by atoms with Crippen molar-refractivity contribution in [3.63, 3.8) is 0 Å². The van der Waals surface area contributed by atoms with E-state index in [2.05, 4.69) is 40.4 Å². The molecule has 0 aliphatic carbocycles. The minimum Gasteiger partial charge on any atom is -0.335 e. The van der Waals surface area contributed by atoms with E-state index in [1.54, 1.807) is 55.5 Å². The molecule has 39 heavy (non-hydrogen) atoms. The summed E-state index contributed by atoms with van der Waals surface area (Å²) >= 11 is 0. The number of imidazole rings is 1. The molecule has 0 bridgehead atoms. The van der Waals surface area contributed by atoms with Crippen LogP contribution >= 0.6 is 0 Å². The van der Waals surface area contributed by atoms with E-state index in [4.69, 9.17) is 4.98 Å². The summed E-state index contributed by atoms with van der Waals surface area (Å²) in [7, 11) is 0. The summed E-state index contributed by atoms with van der Waals surface area (Å²) in [6.07, 6.45) is 12.1.